The molecule has 0 radical (unpaired) electrons. The Morgan fingerprint density at radius 3 is 2.35 bits per heavy atom. The smallest absolute Gasteiger partial charge is 0.239 e. The van der Waals surface area contributed by atoms with Crippen LogP contribution in [0.3, 0.4) is 0 Å². The fraction of sp³-hybridized carbons (Fsp3) is 0.846. The normalized spacial score (nSPS) is 12.9. The molecular formula is C13H25N3O. The van der Waals surface area contributed by atoms with E-state index in [0.717, 1.165) is 19.5 Å². The number of carbonyl (C=O) groups excluding carboxylic acids is 1. The first-order valence-corrected chi connectivity index (χ1v) is 6.31. The maximum Gasteiger partial charge on any atom is 0.239 e. The van der Waals surface area contributed by atoms with E-state index in [2.05, 4.69) is 11.4 Å². The van der Waals surface area contributed by atoms with Crippen LogP contribution >= 0.6 is 0 Å². The van der Waals surface area contributed by atoms with E-state index in [4.69, 9.17) is 5.26 Å². The first kappa shape index (κ1) is 15.9. The highest BCUT2D eigenvalue weighted by Gasteiger charge is 2.20. The molecule has 0 heterocycles. The minimum absolute atomic E-state index is 0.129. The van der Waals surface area contributed by atoms with Gasteiger partial charge in [0.05, 0.1) is 17.5 Å². The summed E-state index contributed by atoms with van der Waals surface area (Å²) in [5.41, 5.74) is -0.328. The summed E-state index contributed by atoms with van der Waals surface area (Å²) in [5, 5.41) is 12.1. The lowest BCUT2D eigenvalue weighted by atomic mass is 9.91. The molecule has 1 amide bonds. The van der Waals surface area contributed by atoms with Gasteiger partial charge in [-0.1, -0.05) is 0 Å². The molecule has 0 spiro atoms. The average Bonchev–Trinajstić information content (AvgIpc) is 2.30. The molecule has 0 aliphatic heterocycles. The fourth-order valence-electron chi connectivity index (χ4n) is 1.55. The number of hydrogen-bond donors (Lipinski definition) is 1. The highest BCUT2D eigenvalue weighted by atomic mass is 16.2. The lowest BCUT2D eigenvalue weighted by Crippen LogP contribution is -2.45. The zero-order valence-electron chi connectivity index (χ0n) is 11.7. The molecule has 1 N–H and O–H groups in total. The van der Waals surface area contributed by atoms with Crippen molar-refractivity contribution in [3.05, 3.63) is 0 Å². The van der Waals surface area contributed by atoms with E-state index >= 15 is 0 Å². The first-order chi connectivity index (χ1) is 7.87. The van der Waals surface area contributed by atoms with Gasteiger partial charge in [-0.15, -0.1) is 0 Å². The predicted molar refractivity (Wildman–Crippen MR) is 69.4 cm³/mol. The number of nitrogens with zero attached hydrogens (tertiary/aromatic N) is 2. The number of hydrogen-bond acceptors (Lipinski definition) is 3. The molecule has 0 rings (SSSR count). The highest BCUT2D eigenvalue weighted by molar-refractivity contribution is 5.81. The van der Waals surface area contributed by atoms with Crippen LogP contribution in [0.25, 0.3) is 0 Å². The van der Waals surface area contributed by atoms with Crippen molar-refractivity contribution in [3.8, 4) is 6.07 Å². The summed E-state index contributed by atoms with van der Waals surface area (Å²) < 4.78 is 0. The maximum atomic E-state index is 11.9. The molecule has 4 heteroatoms. The van der Waals surface area contributed by atoms with Gasteiger partial charge >= 0.3 is 0 Å². The summed E-state index contributed by atoms with van der Waals surface area (Å²) in [7, 11) is 0. The molecule has 0 aromatic rings. The Morgan fingerprint density at radius 1 is 1.41 bits per heavy atom. The molecule has 1 unspecified atom stereocenters. The van der Waals surface area contributed by atoms with Crippen LogP contribution in [0.4, 0.5) is 0 Å². The van der Waals surface area contributed by atoms with Gasteiger partial charge in [-0.25, -0.2) is 0 Å². The fourth-order valence-corrected chi connectivity index (χ4v) is 1.55. The molecule has 0 aromatic heterocycles. The Bertz CT molecular complexity index is 277. The Balaban J connectivity index is 4.07. The Hall–Kier alpha value is -1.08. The van der Waals surface area contributed by atoms with Crippen molar-refractivity contribution in [2.24, 2.45) is 5.41 Å². The van der Waals surface area contributed by atoms with Crippen LogP contribution in [0.5, 0.6) is 0 Å². The standard InChI is InChI=1S/C13H25N3O/c1-6-16(7-2)12(17)11(3)15-9-8-13(4,5)10-14/h11,15H,6-9H2,1-5H3. The van der Waals surface area contributed by atoms with E-state index in [0.29, 0.717) is 6.54 Å². The van der Waals surface area contributed by atoms with Gasteiger partial charge in [-0.05, 0) is 47.6 Å². The number of likely N-dealkylation sites (N-methyl/N-ethyl adjacent to an activating group) is 1. The highest BCUT2D eigenvalue weighted by Crippen LogP contribution is 2.17. The molecular weight excluding hydrogens is 214 g/mol. The number of nitrogens with one attached hydrogen (secondary N) is 1. The van der Waals surface area contributed by atoms with Gasteiger partial charge in [-0.3, -0.25) is 4.79 Å². The molecule has 98 valence electrons. The number of carbonyl (C=O) groups is 1. The van der Waals surface area contributed by atoms with Crippen LogP contribution in [0.15, 0.2) is 0 Å². The van der Waals surface area contributed by atoms with E-state index in [1.165, 1.54) is 0 Å². The third-order valence-corrected chi connectivity index (χ3v) is 2.95. The molecule has 0 aromatic carbocycles. The van der Waals surface area contributed by atoms with Crippen LogP contribution in [0, 0.1) is 16.7 Å². The van der Waals surface area contributed by atoms with Crippen LogP contribution in [-0.4, -0.2) is 36.5 Å². The lowest BCUT2D eigenvalue weighted by Gasteiger charge is -2.24. The second kappa shape index (κ2) is 7.29. The monoisotopic (exact) mass is 239 g/mol. The summed E-state index contributed by atoms with van der Waals surface area (Å²) >= 11 is 0. The predicted octanol–water partition coefficient (Wildman–Crippen LogP) is 1.77. The Labute approximate surface area is 105 Å². The zero-order chi connectivity index (χ0) is 13.5. The molecule has 0 fully saturated rings. The molecule has 4 nitrogen and oxygen atoms in total. The largest absolute Gasteiger partial charge is 0.342 e. The topological polar surface area (TPSA) is 56.1 Å². The second-order valence-corrected chi connectivity index (χ2v) is 4.93. The van der Waals surface area contributed by atoms with E-state index in [9.17, 15) is 4.79 Å². The molecule has 1 atom stereocenters. The minimum atomic E-state index is -0.328. The SMILES string of the molecule is CCN(CC)C(=O)C(C)NCCC(C)(C)C#N. The van der Waals surface area contributed by atoms with E-state index in [1.54, 1.807) is 0 Å². The third kappa shape index (κ3) is 5.69. The minimum Gasteiger partial charge on any atom is -0.342 e. The van der Waals surface area contributed by atoms with Crippen molar-refractivity contribution in [1.82, 2.24) is 10.2 Å². The third-order valence-electron chi connectivity index (χ3n) is 2.95. The molecule has 0 saturated heterocycles. The lowest BCUT2D eigenvalue weighted by molar-refractivity contribution is -0.132. The van der Waals surface area contributed by atoms with Gasteiger partial charge in [0.2, 0.25) is 5.91 Å². The molecule has 17 heavy (non-hydrogen) atoms. The quantitative estimate of drug-likeness (QED) is 0.736. The molecule has 0 aliphatic rings. The van der Waals surface area contributed by atoms with Crippen molar-refractivity contribution in [3.63, 3.8) is 0 Å². The Kier molecular flexibility index (Phi) is 6.82. The first-order valence-electron chi connectivity index (χ1n) is 6.31. The van der Waals surface area contributed by atoms with Gasteiger partial charge in [0.15, 0.2) is 0 Å². The molecule has 0 bridgehead atoms. The van der Waals surface area contributed by atoms with Gasteiger partial charge in [0, 0.05) is 13.1 Å². The van der Waals surface area contributed by atoms with E-state index < -0.39 is 0 Å². The van der Waals surface area contributed by atoms with Crippen LogP contribution in [0.2, 0.25) is 0 Å². The van der Waals surface area contributed by atoms with Crippen molar-refractivity contribution >= 4 is 5.91 Å². The van der Waals surface area contributed by atoms with Crippen molar-refractivity contribution in [2.45, 2.75) is 47.1 Å². The maximum absolute atomic E-state index is 11.9. The summed E-state index contributed by atoms with van der Waals surface area (Å²) in [6.07, 6.45) is 0.749. The average molecular weight is 239 g/mol. The number of nitriles is 1. The molecule has 0 aliphatic carbocycles. The summed E-state index contributed by atoms with van der Waals surface area (Å²) in [6.45, 7) is 11.8. The summed E-state index contributed by atoms with van der Waals surface area (Å²) in [5.74, 6) is 0.129. The molecule has 0 saturated carbocycles. The van der Waals surface area contributed by atoms with E-state index in [1.807, 2.05) is 39.5 Å². The summed E-state index contributed by atoms with van der Waals surface area (Å²) in [6, 6.07) is 2.08. The van der Waals surface area contributed by atoms with Gasteiger partial charge < -0.3 is 10.2 Å². The van der Waals surface area contributed by atoms with Crippen LogP contribution < -0.4 is 5.32 Å². The Morgan fingerprint density at radius 2 is 1.94 bits per heavy atom. The van der Waals surface area contributed by atoms with Gasteiger partial charge in [-0.2, -0.15) is 5.26 Å². The van der Waals surface area contributed by atoms with Crippen LogP contribution in [0.1, 0.15) is 41.0 Å². The number of rotatable bonds is 7. The summed E-state index contributed by atoms with van der Waals surface area (Å²) in [4.78, 5) is 13.7. The van der Waals surface area contributed by atoms with Gasteiger partial charge in [0.1, 0.15) is 0 Å². The van der Waals surface area contributed by atoms with Crippen LogP contribution in [-0.2, 0) is 4.79 Å². The van der Waals surface area contributed by atoms with Gasteiger partial charge in [0.25, 0.3) is 0 Å². The van der Waals surface area contributed by atoms with Crippen molar-refractivity contribution < 1.29 is 4.79 Å². The van der Waals surface area contributed by atoms with Crippen molar-refractivity contribution in [2.75, 3.05) is 19.6 Å². The zero-order valence-corrected chi connectivity index (χ0v) is 11.7. The van der Waals surface area contributed by atoms with E-state index in [-0.39, 0.29) is 17.4 Å². The van der Waals surface area contributed by atoms with Crippen molar-refractivity contribution in [1.29, 1.82) is 5.26 Å². The second-order valence-electron chi connectivity index (χ2n) is 4.93. The number of amides is 1.